The van der Waals surface area contributed by atoms with E-state index in [0.717, 1.165) is 15.7 Å². The lowest BCUT2D eigenvalue weighted by Gasteiger charge is -2.17. The van der Waals surface area contributed by atoms with Crippen molar-refractivity contribution in [3.63, 3.8) is 0 Å². The Bertz CT molecular complexity index is 315. The zero-order valence-corrected chi connectivity index (χ0v) is 9.95. The molecule has 1 aromatic rings. The van der Waals surface area contributed by atoms with E-state index in [-0.39, 0.29) is 12.6 Å². The first-order chi connectivity index (χ1) is 6.56. The van der Waals surface area contributed by atoms with Crippen molar-refractivity contribution < 1.29 is 5.11 Å². The third-order valence-corrected chi connectivity index (χ3v) is 2.75. The van der Waals surface area contributed by atoms with Crippen LogP contribution >= 0.6 is 15.9 Å². The fourth-order valence-corrected chi connectivity index (χ4v) is 1.81. The van der Waals surface area contributed by atoms with E-state index in [4.69, 9.17) is 10.8 Å². The molecule has 0 amide bonds. The summed E-state index contributed by atoms with van der Waals surface area (Å²) in [4.78, 5) is 2.00. The van der Waals surface area contributed by atoms with Gasteiger partial charge in [-0.05, 0) is 33.6 Å². The number of aliphatic hydroxyl groups is 1. The Morgan fingerprint density at radius 2 is 2.14 bits per heavy atom. The first-order valence-electron chi connectivity index (χ1n) is 4.39. The molecule has 78 valence electrons. The highest BCUT2D eigenvalue weighted by molar-refractivity contribution is 9.10. The Balaban J connectivity index is 3.06. The molecular formula is C10H15BrN2O. The number of nitrogens with zero attached hydrogens (tertiary/aromatic N) is 1. The van der Waals surface area contributed by atoms with E-state index >= 15 is 0 Å². The van der Waals surface area contributed by atoms with Gasteiger partial charge >= 0.3 is 0 Å². The predicted octanol–water partition coefficient (Wildman–Crippen LogP) is 1.51. The van der Waals surface area contributed by atoms with Crippen molar-refractivity contribution in [2.24, 2.45) is 5.73 Å². The number of halogens is 1. The Hall–Kier alpha value is -0.580. The van der Waals surface area contributed by atoms with Crippen LogP contribution in [0.4, 0.5) is 5.69 Å². The molecule has 1 rings (SSSR count). The summed E-state index contributed by atoms with van der Waals surface area (Å²) in [6.45, 7) is -0.0332. The summed E-state index contributed by atoms with van der Waals surface area (Å²) in [5.41, 5.74) is 7.73. The minimum absolute atomic E-state index is 0.0332. The number of hydrogen-bond donors (Lipinski definition) is 2. The highest BCUT2D eigenvalue weighted by Crippen LogP contribution is 2.27. The van der Waals surface area contributed by atoms with Crippen LogP contribution in [0.5, 0.6) is 0 Å². The SMILES string of the molecule is CN(C)c1cc(C(N)CO)ccc1Br. The average Bonchev–Trinajstić information content (AvgIpc) is 2.17. The molecular weight excluding hydrogens is 244 g/mol. The van der Waals surface area contributed by atoms with Gasteiger partial charge in [-0.15, -0.1) is 0 Å². The molecule has 0 saturated carbocycles. The van der Waals surface area contributed by atoms with Gasteiger partial charge in [0, 0.05) is 18.6 Å². The van der Waals surface area contributed by atoms with E-state index in [1.165, 1.54) is 0 Å². The van der Waals surface area contributed by atoms with Crippen molar-refractivity contribution in [3.8, 4) is 0 Å². The van der Waals surface area contributed by atoms with Crippen LogP contribution in [0.25, 0.3) is 0 Å². The van der Waals surface area contributed by atoms with Crippen molar-refractivity contribution >= 4 is 21.6 Å². The first kappa shape index (κ1) is 11.5. The lowest BCUT2D eigenvalue weighted by molar-refractivity contribution is 0.268. The van der Waals surface area contributed by atoms with Gasteiger partial charge < -0.3 is 15.7 Å². The number of benzene rings is 1. The van der Waals surface area contributed by atoms with Crippen LogP contribution in [-0.4, -0.2) is 25.8 Å². The minimum atomic E-state index is -0.304. The smallest absolute Gasteiger partial charge is 0.0624 e. The van der Waals surface area contributed by atoms with E-state index in [1.807, 2.05) is 37.2 Å². The van der Waals surface area contributed by atoms with Crippen LogP contribution < -0.4 is 10.6 Å². The van der Waals surface area contributed by atoms with Gasteiger partial charge in [0.1, 0.15) is 0 Å². The average molecular weight is 259 g/mol. The molecule has 0 saturated heterocycles. The van der Waals surface area contributed by atoms with Gasteiger partial charge in [-0.3, -0.25) is 0 Å². The summed E-state index contributed by atoms with van der Waals surface area (Å²) in [5, 5.41) is 8.94. The normalized spacial score (nSPS) is 12.6. The van der Waals surface area contributed by atoms with Crippen LogP contribution in [0.2, 0.25) is 0 Å². The van der Waals surface area contributed by atoms with Gasteiger partial charge in [0.05, 0.1) is 18.3 Å². The second-order valence-electron chi connectivity index (χ2n) is 3.39. The standard InChI is InChI=1S/C10H15BrN2O/c1-13(2)10-5-7(9(12)6-14)3-4-8(10)11/h3-5,9,14H,6,12H2,1-2H3. The molecule has 0 radical (unpaired) electrons. The fraction of sp³-hybridized carbons (Fsp3) is 0.400. The predicted molar refractivity (Wildman–Crippen MR) is 62.5 cm³/mol. The van der Waals surface area contributed by atoms with E-state index in [0.29, 0.717) is 0 Å². The van der Waals surface area contributed by atoms with Gasteiger partial charge in [0.2, 0.25) is 0 Å². The largest absolute Gasteiger partial charge is 0.394 e. The Kier molecular flexibility index (Phi) is 3.92. The maximum absolute atomic E-state index is 8.94. The number of aliphatic hydroxyl groups excluding tert-OH is 1. The summed E-state index contributed by atoms with van der Waals surface area (Å²) in [6.07, 6.45) is 0. The molecule has 3 N–H and O–H groups in total. The summed E-state index contributed by atoms with van der Waals surface area (Å²) in [6, 6.07) is 5.53. The molecule has 1 atom stereocenters. The zero-order chi connectivity index (χ0) is 10.7. The summed E-state index contributed by atoms with van der Waals surface area (Å²) in [5.74, 6) is 0. The molecule has 14 heavy (non-hydrogen) atoms. The third kappa shape index (κ3) is 2.47. The molecule has 3 nitrogen and oxygen atoms in total. The second kappa shape index (κ2) is 4.77. The monoisotopic (exact) mass is 258 g/mol. The van der Waals surface area contributed by atoms with E-state index in [1.54, 1.807) is 0 Å². The third-order valence-electron chi connectivity index (χ3n) is 2.08. The van der Waals surface area contributed by atoms with Crippen molar-refractivity contribution in [1.29, 1.82) is 0 Å². The highest BCUT2D eigenvalue weighted by Gasteiger charge is 2.08. The quantitative estimate of drug-likeness (QED) is 0.865. The second-order valence-corrected chi connectivity index (χ2v) is 4.25. The maximum Gasteiger partial charge on any atom is 0.0624 e. The summed E-state index contributed by atoms with van der Waals surface area (Å²) in [7, 11) is 3.93. The topological polar surface area (TPSA) is 49.5 Å². The van der Waals surface area contributed by atoms with E-state index in [2.05, 4.69) is 15.9 Å². The van der Waals surface area contributed by atoms with Crippen molar-refractivity contribution in [2.45, 2.75) is 6.04 Å². The Labute approximate surface area is 92.7 Å². The molecule has 0 fully saturated rings. The van der Waals surface area contributed by atoms with Gasteiger partial charge in [-0.1, -0.05) is 6.07 Å². The maximum atomic E-state index is 8.94. The summed E-state index contributed by atoms with van der Waals surface area (Å²) < 4.78 is 1.02. The molecule has 0 aliphatic heterocycles. The van der Waals surface area contributed by atoms with Gasteiger partial charge in [-0.25, -0.2) is 0 Å². The van der Waals surface area contributed by atoms with Crippen LogP contribution in [0.3, 0.4) is 0 Å². The molecule has 1 aromatic carbocycles. The van der Waals surface area contributed by atoms with Gasteiger partial charge in [-0.2, -0.15) is 0 Å². The number of rotatable bonds is 3. The Morgan fingerprint density at radius 1 is 1.50 bits per heavy atom. The number of hydrogen-bond acceptors (Lipinski definition) is 3. The number of nitrogens with two attached hydrogens (primary N) is 1. The number of anilines is 1. The van der Waals surface area contributed by atoms with E-state index < -0.39 is 0 Å². The molecule has 1 unspecified atom stereocenters. The molecule has 0 heterocycles. The van der Waals surface area contributed by atoms with Gasteiger partial charge in [0.15, 0.2) is 0 Å². The molecule has 0 aliphatic rings. The fourth-order valence-electron chi connectivity index (χ4n) is 1.21. The highest BCUT2D eigenvalue weighted by atomic mass is 79.9. The molecule has 0 bridgehead atoms. The first-order valence-corrected chi connectivity index (χ1v) is 5.18. The van der Waals surface area contributed by atoms with Crippen molar-refractivity contribution in [2.75, 3.05) is 25.6 Å². The van der Waals surface area contributed by atoms with Crippen LogP contribution in [-0.2, 0) is 0 Å². The Morgan fingerprint density at radius 3 is 2.64 bits per heavy atom. The minimum Gasteiger partial charge on any atom is -0.394 e. The molecule has 0 aliphatic carbocycles. The van der Waals surface area contributed by atoms with Gasteiger partial charge in [0.25, 0.3) is 0 Å². The van der Waals surface area contributed by atoms with Crippen molar-refractivity contribution in [3.05, 3.63) is 28.2 Å². The molecule has 0 aromatic heterocycles. The lowest BCUT2D eigenvalue weighted by atomic mass is 10.1. The van der Waals surface area contributed by atoms with Crippen LogP contribution in [0.15, 0.2) is 22.7 Å². The van der Waals surface area contributed by atoms with Crippen molar-refractivity contribution in [1.82, 2.24) is 0 Å². The lowest BCUT2D eigenvalue weighted by Crippen LogP contribution is -2.16. The molecule has 0 spiro atoms. The zero-order valence-electron chi connectivity index (χ0n) is 8.37. The van der Waals surface area contributed by atoms with Crippen LogP contribution in [0.1, 0.15) is 11.6 Å². The van der Waals surface area contributed by atoms with E-state index in [9.17, 15) is 0 Å². The van der Waals surface area contributed by atoms with Crippen LogP contribution in [0, 0.1) is 0 Å². The summed E-state index contributed by atoms with van der Waals surface area (Å²) >= 11 is 3.46. The molecule has 4 heteroatoms.